The monoisotopic (exact) mass is 522 g/mol. The predicted molar refractivity (Wildman–Crippen MR) is 146 cm³/mol. The zero-order chi connectivity index (χ0) is 26.5. The number of benzene rings is 2. The van der Waals surface area contributed by atoms with Gasteiger partial charge >= 0.3 is 0 Å². The molecule has 0 saturated heterocycles. The van der Waals surface area contributed by atoms with E-state index in [1.165, 1.54) is 34.7 Å². The number of fused-ring (bicyclic) bond motifs is 1. The van der Waals surface area contributed by atoms with Gasteiger partial charge in [-0.2, -0.15) is 0 Å². The molecule has 0 radical (unpaired) electrons. The van der Waals surface area contributed by atoms with Gasteiger partial charge in [0.1, 0.15) is 24.7 Å². The molecule has 1 aromatic heterocycles. The average molecular weight is 523 g/mol. The van der Waals surface area contributed by atoms with Crippen molar-refractivity contribution in [2.45, 2.75) is 46.1 Å². The van der Waals surface area contributed by atoms with Crippen LogP contribution in [0.1, 0.15) is 66.0 Å². The van der Waals surface area contributed by atoms with Crippen molar-refractivity contribution in [1.29, 1.82) is 0 Å². The van der Waals surface area contributed by atoms with Crippen molar-refractivity contribution in [3.8, 4) is 5.75 Å². The molecule has 5 nitrogen and oxygen atoms in total. The summed E-state index contributed by atoms with van der Waals surface area (Å²) in [5.74, 6) is 0.608. The largest absolute Gasteiger partial charge is 0.491 e. The van der Waals surface area contributed by atoms with Crippen LogP contribution >= 0.6 is 11.3 Å². The van der Waals surface area contributed by atoms with Gasteiger partial charge in [-0.25, -0.2) is 4.39 Å². The smallest absolute Gasteiger partial charge is 0.254 e. The topological polar surface area (TPSA) is 49.9 Å². The highest BCUT2D eigenvalue weighted by Gasteiger charge is 2.33. The number of carbonyl (C=O) groups excluding carboxylic acids is 2. The summed E-state index contributed by atoms with van der Waals surface area (Å²) >= 11 is 1.71. The molecule has 0 spiro atoms. The summed E-state index contributed by atoms with van der Waals surface area (Å²) in [5, 5.41) is 2.06. The van der Waals surface area contributed by atoms with Gasteiger partial charge in [0.2, 0.25) is 5.91 Å². The summed E-state index contributed by atoms with van der Waals surface area (Å²) in [6, 6.07) is 15.4. The summed E-state index contributed by atoms with van der Waals surface area (Å²) in [7, 11) is 0. The highest BCUT2D eigenvalue weighted by atomic mass is 32.1. The van der Waals surface area contributed by atoms with E-state index in [2.05, 4.69) is 37.4 Å². The third-order valence-corrected chi connectivity index (χ3v) is 7.66. The summed E-state index contributed by atoms with van der Waals surface area (Å²) in [5.41, 5.74) is 2.74. The number of hydrogen-bond donors (Lipinski definition) is 0. The standard InChI is InChI=1S/C30H35FN2O3S/c1-20(2)17-32(30(35)23-5-9-24(31)10-6-23)18-29(34)33-15-13-28-26(14-16-37-28)27(33)19-36-25-11-7-22(8-12-25)21(3)4/h5-12,14,16,20-21,27H,13,15,17-19H2,1-4H3/t27-/m0/s1. The van der Waals surface area contributed by atoms with Gasteiger partial charge in [-0.3, -0.25) is 9.59 Å². The Kier molecular flexibility index (Phi) is 8.64. The van der Waals surface area contributed by atoms with Crippen molar-refractivity contribution in [2.75, 3.05) is 26.2 Å². The molecule has 7 heteroatoms. The second-order valence-electron chi connectivity index (χ2n) is 10.3. The van der Waals surface area contributed by atoms with Gasteiger partial charge in [0.15, 0.2) is 0 Å². The van der Waals surface area contributed by atoms with Crippen molar-refractivity contribution in [3.05, 3.63) is 87.4 Å². The van der Waals surface area contributed by atoms with E-state index in [0.717, 1.165) is 17.7 Å². The zero-order valence-corrected chi connectivity index (χ0v) is 22.8. The fraction of sp³-hybridized carbons (Fsp3) is 0.400. The van der Waals surface area contributed by atoms with Crippen LogP contribution in [0.5, 0.6) is 5.75 Å². The van der Waals surface area contributed by atoms with Crippen LogP contribution in [0, 0.1) is 11.7 Å². The van der Waals surface area contributed by atoms with Crippen LogP contribution in [0.3, 0.4) is 0 Å². The number of ether oxygens (including phenoxy) is 1. The van der Waals surface area contributed by atoms with Gasteiger partial charge < -0.3 is 14.5 Å². The molecule has 0 fully saturated rings. The van der Waals surface area contributed by atoms with Crippen LogP contribution in [-0.2, 0) is 11.2 Å². The molecule has 3 aromatic rings. The van der Waals surface area contributed by atoms with Gasteiger partial charge in [0.25, 0.3) is 5.91 Å². The first kappa shape index (κ1) is 26.9. The molecule has 0 saturated carbocycles. The SMILES string of the molecule is CC(C)CN(CC(=O)N1CCc2sccc2[C@@H]1COc1ccc(C(C)C)cc1)C(=O)c1ccc(F)cc1. The summed E-state index contributed by atoms with van der Waals surface area (Å²) < 4.78 is 19.6. The fourth-order valence-electron chi connectivity index (χ4n) is 4.69. The van der Waals surface area contributed by atoms with Gasteiger partial charge in [-0.1, -0.05) is 39.8 Å². The second kappa shape index (κ2) is 11.9. The lowest BCUT2D eigenvalue weighted by molar-refractivity contribution is -0.135. The molecule has 196 valence electrons. The van der Waals surface area contributed by atoms with Gasteiger partial charge in [-0.05, 0) is 77.2 Å². The van der Waals surface area contributed by atoms with Crippen LogP contribution < -0.4 is 4.74 Å². The quantitative estimate of drug-likeness (QED) is 0.331. The molecule has 1 aliphatic heterocycles. The van der Waals surface area contributed by atoms with Crippen LogP contribution in [0.4, 0.5) is 4.39 Å². The van der Waals surface area contributed by atoms with E-state index < -0.39 is 5.82 Å². The van der Waals surface area contributed by atoms with E-state index >= 15 is 0 Å². The lowest BCUT2D eigenvalue weighted by Crippen LogP contribution is -2.48. The van der Waals surface area contributed by atoms with Crippen molar-refractivity contribution in [2.24, 2.45) is 5.92 Å². The number of hydrogen-bond acceptors (Lipinski definition) is 4. The average Bonchev–Trinajstić information content (AvgIpc) is 3.36. The Labute approximate surface area is 222 Å². The molecule has 0 N–H and O–H groups in total. The number of carbonyl (C=O) groups is 2. The van der Waals surface area contributed by atoms with E-state index in [1.54, 1.807) is 16.2 Å². The first-order valence-electron chi connectivity index (χ1n) is 12.9. The molecule has 1 atom stereocenters. The van der Waals surface area contributed by atoms with Crippen LogP contribution in [0.2, 0.25) is 0 Å². The molecule has 2 amide bonds. The number of amides is 2. The first-order valence-corrected chi connectivity index (χ1v) is 13.7. The summed E-state index contributed by atoms with van der Waals surface area (Å²) in [4.78, 5) is 31.6. The Morgan fingerprint density at radius 1 is 1.05 bits per heavy atom. The lowest BCUT2D eigenvalue weighted by atomic mass is 10.00. The molecule has 0 bridgehead atoms. The van der Waals surface area contributed by atoms with Crippen molar-refractivity contribution in [1.82, 2.24) is 9.80 Å². The van der Waals surface area contributed by atoms with Crippen LogP contribution in [0.15, 0.2) is 60.0 Å². The van der Waals surface area contributed by atoms with Crippen molar-refractivity contribution in [3.63, 3.8) is 0 Å². The minimum Gasteiger partial charge on any atom is -0.491 e. The Morgan fingerprint density at radius 3 is 2.41 bits per heavy atom. The molecule has 0 aliphatic carbocycles. The normalized spacial score (nSPS) is 15.1. The number of thiophene rings is 1. The fourth-order valence-corrected chi connectivity index (χ4v) is 5.62. The first-order chi connectivity index (χ1) is 17.7. The van der Waals surface area contributed by atoms with Gasteiger partial charge in [0.05, 0.1) is 6.04 Å². The molecule has 37 heavy (non-hydrogen) atoms. The Bertz CT molecular complexity index is 1200. The molecular weight excluding hydrogens is 487 g/mol. The van der Waals surface area contributed by atoms with Crippen LogP contribution in [0.25, 0.3) is 0 Å². The Hall–Kier alpha value is -3.19. The maximum atomic E-state index is 13.7. The number of rotatable bonds is 9. The Balaban J connectivity index is 1.51. The molecule has 1 aliphatic rings. The highest BCUT2D eigenvalue weighted by molar-refractivity contribution is 7.10. The highest BCUT2D eigenvalue weighted by Crippen LogP contribution is 2.34. The summed E-state index contributed by atoms with van der Waals surface area (Å²) in [6.45, 7) is 9.64. The van der Waals surface area contributed by atoms with E-state index in [9.17, 15) is 14.0 Å². The van der Waals surface area contributed by atoms with Crippen molar-refractivity contribution < 1.29 is 18.7 Å². The van der Waals surface area contributed by atoms with Gasteiger partial charge in [-0.15, -0.1) is 11.3 Å². The molecule has 0 unspecified atom stereocenters. The molecule has 2 heterocycles. The second-order valence-corrected chi connectivity index (χ2v) is 11.3. The maximum Gasteiger partial charge on any atom is 0.254 e. The number of halogens is 1. The predicted octanol–water partition coefficient (Wildman–Crippen LogP) is 6.31. The van der Waals surface area contributed by atoms with E-state index in [-0.39, 0.29) is 30.3 Å². The Morgan fingerprint density at radius 2 is 1.76 bits per heavy atom. The minimum atomic E-state index is -0.399. The number of nitrogens with zero attached hydrogens (tertiary/aromatic N) is 2. The van der Waals surface area contributed by atoms with E-state index in [0.29, 0.717) is 31.2 Å². The minimum absolute atomic E-state index is 0.0343. The zero-order valence-electron chi connectivity index (χ0n) is 21.9. The maximum absolute atomic E-state index is 13.7. The third kappa shape index (κ3) is 6.58. The lowest BCUT2D eigenvalue weighted by Gasteiger charge is -2.37. The van der Waals surface area contributed by atoms with Crippen LogP contribution in [-0.4, -0.2) is 47.9 Å². The van der Waals surface area contributed by atoms with E-state index in [1.807, 2.05) is 30.9 Å². The molecule has 4 rings (SSSR count). The van der Waals surface area contributed by atoms with E-state index in [4.69, 9.17) is 4.74 Å². The summed E-state index contributed by atoms with van der Waals surface area (Å²) in [6.07, 6.45) is 0.786. The molecular formula is C30H35FN2O3S. The van der Waals surface area contributed by atoms with Gasteiger partial charge in [0, 0.05) is 23.5 Å². The van der Waals surface area contributed by atoms with Crippen molar-refractivity contribution >= 4 is 23.2 Å². The molecule has 2 aromatic carbocycles. The third-order valence-electron chi connectivity index (χ3n) is 6.66.